The van der Waals surface area contributed by atoms with Crippen LogP contribution in [0.5, 0.6) is 0 Å². The van der Waals surface area contributed by atoms with Crippen LogP contribution in [-0.2, 0) is 0 Å². The zero-order valence-electron chi connectivity index (χ0n) is 11.2. The number of aryl methyl sites for hydroxylation is 1. The Bertz CT molecular complexity index is 716. The summed E-state index contributed by atoms with van der Waals surface area (Å²) in [6.45, 7) is 1.82. The molecule has 0 aliphatic carbocycles. The molecule has 0 spiro atoms. The summed E-state index contributed by atoms with van der Waals surface area (Å²) < 4.78 is 0.619. The second-order valence-corrected chi connectivity index (χ2v) is 5.16. The Kier molecular flexibility index (Phi) is 4.54. The van der Waals surface area contributed by atoms with E-state index < -0.39 is 0 Å². The number of amides is 1. The van der Waals surface area contributed by atoms with E-state index in [9.17, 15) is 4.79 Å². The van der Waals surface area contributed by atoms with Crippen LogP contribution >= 0.6 is 15.9 Å². The monoisotopic (exact) mass is 348 g/mol. The summed E-state index contributed by atoms with van der Waals surface area (Å²) in [5.41, 5.74) is 7.77. The highest BCUT2D eigenvalue weighted by Crippen LogP contribution is 2.24. The molecule has 1 amide bonds. The molecule has 1 aromatic carbocycles. The summed E-state index contributed by atoms with van der Waals surface area (Å²) in [5, 5.41) is 14.3. The topological polar surface area (TPSA) is 101 Å². The summed E-state index contributed by atoms with van der Waals surface area (Å²) in [4.78, 5) is 16.2. The number of aromatic nitrogens is 1. The van der Waals surface area contributed by atoms with Gasteiger partial charge in [0.05, 0.1) is 5.69 Å². The van der Waals surface area contributed by atoms with Crippen LogP contribution < -0.4 is 11.1 Å². The number of nitrogens with one attached hydrogen (secondary N) is 1. The third-order valence-electron chi connectivity index (χ3n) is 2.85. The van der Waals surface area contributed by atoms with Gasteiger partial charge in [0.2, 0.25) is 0 Å². The number of pyridine rings is 1. The van der Waals surface area contributed by atoms with Gasteiger partial charge in [0, 0.05) is 16.2 Å². The first-order valence-corrected chi connectivity index (χ1v) is 6.82. The average molecular weight is 349 g/mol. The Hall–Kier alpha value is -2.41. The molecule has 0 atom stereocenters. The third kappa shape index (κ3) is 3.38. The van der Waals surface area contributed by atoms with Crippen LogP contribution in [-0.4, -0.2) is 21.9 Å². The quantitative estimate of drug-likeness (QED) is 0.343. The van der Waals surface area contributed by atoms with Crippen molar-refractivity contribution in [3.63, 3.8) is 0 Å². The molecule has 0 unspecified atom stereocenters. The minimum atomic E-state index is -0.301. The normalized spacial score (nSPS) is 11.2. The maximum absolute atomic E-state index is 12.2. The van der Waals surface area contributed by atoms with Crippen LogP contribution in [0.25, 0.3) is 0 Å². The fourth-order valence-corrected chi connectivity index (χ4v) is 2.22. The van der Waals surface area contributed by atoms with Crippen molar-refractivity contribution in [1.29, 1.82) is 0 Å². The van der Waals surface area contributed by atoms with Crippen molar-refractivity contribution >= 4 is 33.4 Å². The molecule has 0 saturated carbocycles. The Labute approximate surface area is 129 Å². The molecule has 0 saturated heterocycles. The van der Waals surface area contributed by atoms with Crippen LogP contribution in [0.4, 0.5) is 5.69 Å². The minimum Gasteiger partial charge on any atom is -0.409 e. The first-order valence-electron chi connectivity index (χ1n) is 6.03. The number of hydrogen-bond acceptors (Lipinski definition) is 4. The number of nitrogens with zero attached hydrogens (tertiary/aromatic N) is 2. The van der Waals surface area contributed by atoms with E-state index in [-0.39, 0.29) is 11.7 Å². The van der Waals surface area contributed by atoms with Gasteiger partial charge in [0.1, 0.15) is 5.69 Å². The van der Waals surface area contributed by atoms with E-state index in [4.69, 9.17) is 10.9 Å². The number of amidine groups is 1. The molecular formula is C14H13BrN4O2. The molecule has 7 heteroatoms. The summed E-state index contributed by atoms with van der Waals surface area (Å²) in [6, 6.07) is 8.54. The molecule has 0 aliphatic rings. The second-order valence-electron chi connectivity index (χ2n) is 4.30. The molecule has 0 radical (unpaired) electrons. The number of rotatable bonds is 3. The molecule has 0 bridgehead atoms. The summed E-state index contributed by atoms with van der Waals surface area (Å²) >= 11 is 3.34. The lowest BCUT2D eigenvalue weighted by Crippen LogP contribution is -2.16. The Balaban J connectivity index is 2.25. The van der Waals surface area contributed by atoms with E-state index in [0.29, 0.717) is 21.4 Å². The van der Waals surface area contributed by atoms with Gasteiger partial charge in [-0.1, -0.05) is 11.2 Å². The number of nitrogens with two attached hydrogens (primary N) is 1. The number of hydrogen-bond donors (Lipinski definition) is 3. The van der Waals surface area contributed by atoms with E-state index >= 15 is 0 Å². The van der Waals surface area contributed by atoms with Crippen molar-refractivity contribution < 1.29 is 10.0 Å². The summed E-state index contributed by atoms with van der Waals surface area (Å²) in [7, 11) is 0. The number of oxime groups is 1. The largest absolute Gasteiger partial charge is 0.409 e. The van der Waals surface area contributed by atoms with E-state index in [1.54, 1.807) is 30.5 Å². The Morgan fingerprint density at radius 3 is 2.81 bits per heavy atom. The molecule has 4 N–H and O–H groups in total. The van der Waals surface area contributed by atoms with E-state index in [1.807, 2.05) is 13.0 Å². The Morgan fingerprint density at radius 2 is 2.19 bits per heavy atom. The van der Waals surface area contributed by atoms with Gasteiger partial charge in [0.15, 0.2) is 5.84 Å². The first kappa shape index (κ1) is 15.0. The van der Waals surface area contributed by atoms with Gasteiger partial charge in [0.25, 0.3) is 5.91 Å². The number of benzene rings is 1. The maximum atomic E-state index is 12.2. The van der Waals surface area contributed by atoms with Crippen LogP contribution in [0.15, 0.2) is 46.2 Å². The van der Waals surface area contributed by atoms with Gasteiger partial charge in [-0.15, -0.1) is 0 Å². The Morgan fingerprint density at radius 1 is 1.43 bits per heavy atom. The maximum Gasteiger partial charge on any atom is 0.274 e. The summed E-state index contributed by atoms with van der Waals surface area (Å²) in [5.74, 6) is -0.306. The fraction of sp³-hybridized carbons (Fsp3) is 0.0714. The van der Waals surface area contributed by atoms with Gasteiger partial charge in [-0.25, -0.2) is 0 Å². The smallest absolute Gasteiger partial charge is 0.274 e. The van der Waals surface area contributed by atoms with E-state index in [2.05, 4.69) is 31.4 Å². The highest BCUT2D eigenvalue weighted by atomic mass is 79.9. The lowest BCUT2D eigenvalue weighted by molar-refractivity contribution is 0.102. The van der Waals surface area contributed by atoms with Crippen LogP contribution in [0.3, 0.4) is 0 Å². The van der Waals surface area contributed by atoms with Crippen molar-refractivity contribution in [3.05, 3.63) is 57.8 Å². The second kappa shape index (κ2) is 6.36. The number of carbonyl (C=O) groups excluding carboxylic acids is 1. The van der Waals surface area contributed by atoms with Gasteiger partial charge in [-0.3, -0.25) is 9.78 Å². The summed E-state index contributed by atoms with van der Waals surface area (Å²) in [6.07, 6.45) is 1.57. The zero-order valence-corrected chi connectivity index (χ0v) is 12.8. The van der Waals surface area contributed by atoms with Crippen LogP contribution in [0, 0.1) is 6.92 Å². The predicted octanol–water partition coefficient (Wildman–Crippen LogP) is 2.50. The van der Waals surface area contributed by atoms with Gasteiger partial charge in [-0.05, 0) is 52.7 Å². The molecule has 0 fully saturated rings. The lowest BCUT2D eigenvalue weighted by Gasteiger charge is -2.09. The molecule has 1 heterocycles. The van der Waals surface area contributed by atoms with Crippen LogP contribution in [0.1, 0.15) is 21.6 Å². The standard InChI is InChI=1S/C14H13BrN4O2/c1-8-3-2-6-17-12(8)14(20)18-11-5-4-9(7-10(11)15)13(16)19-21/h2-7,21H,1H3,(H2,16,19)(H,18,20). The minimum absolute atomic E-state index is 0.00542. The molecule has 2 rings (SSSR count). The SMILES string of the molecule is Cc1cccnc1C(=O)Nc1ccc(/C(N)=N/O)cc1Br. The van der Waals surface area contributed by atoms with Crippen molar-refractivity contribution in [2.24, 2.45) is 10.9 Å². The average Bonchev–Trinajstić information content (AvgIpc) is 2.48. The zero-order chi connectivity index (χ0) is 15.4. The number of halogens is 1. The van der Waals surface area contributed by atoms with Crippen molar-refractivity contribution in [3.8, 4) is 0 Å². The van der Waals surface area contributed by atoms with Crippen molar-refractivity contribution in [2.75, 3.05) is 5.32 Å². The van der Waals surface area contributed by atoms with E-state index in [0.717, 1.165) is 5.56 Å². The molecule has 6 nitrogen and oxygen atoms in total. The molecular weight excluding hydrogens is 336 g/mol. The molecule has 2 aromatic rings. The third-order valence-corrected chi connectivity index (χ3v) is 3.50. The van der Waals surface area contributed by atoms with Crippen molar-refractivity contribution in [2.45, 2.75) is 6.92 Å². The molecule has 108 valence electrons. The number of anilines is 1. The van der Waals surface area contributed by atoms with Crippen LogP contribution in [0.2, 0.25) is 0 Å². The molecule has 21 heavy (non-hydrogen) atoms. The molecule has 1 aromatic heterocycles. The first-order chi connectivity index (χ1) is 10.0. The van der Waals surface area contributed by atoms with Gasteiger partial charge < -0.3 is 16.3 Å². The van der Waals surface area contributed by atoms with Gasteiger partial charge >= 0.3 is 0 Å². The highest BCUT2D eigenvalue weighted by Gasteiger charge is 2.12. The van der Waals surface area contributed by atoms with Gasteiger partial charge in [-0.2, -0.15) is 0 Å². The number of carbonyl (C=O) groups is 1. The van der Waals surface area contributed by atoms with E-state index in [1.165, 1.54) is 0 Å². The van der Waals surface area contributed by atoms with Crippen molar-refractivity contribution in [1.82, 2.24) is 4.98 Å². The lowest BCUT2D eigenvalue weighted by atomic mass is 10.1. The predicted molar refractivity (Wildman–Crippen MR) is 83.6 cm³/mol. The molecule has 0 aliphatic heterocycles. The highest BCUT2D eigenvalue weighted by molar-refractivity contribution is 9.10. The fourth-order valence-electron chi connectivity index (χ4n) is 1.74.